The number of carbonyl (C=O) groups excluding carboxylic acids is 1. The van der Waals surface area contributed by atoms with Gasteiger partial charge in [-0.15, -0.1) is 0 Å². The Hall–Kier alpha value is -1.35. The van der Waals surface area contributed by atoms with Crippen LogP contribution in [0, 0.1) is 11.8 Å². The monoisotopic (exact) mass is 382 g/mol. The molecule has 5 aliphatic rings. The Kier molecular flexibility index (Phi) is 3.39. The summed E-state index contributed by atoms with van der Waals surface area (Å²) in [5, 5.41) is 0. The zero-order valence-corrected chi connectivity index (χ0v) is 16.4. The minimum atomic E-state index is -1.08. The van der Waals surface area contributed by atoms with Crippen molar-refractivity contribution in [1.82, 2.24) is 0 Å². The zero-order valence-electron chi connectivity index (χ0n) is 16.4. The van der Waals surface area contributed by atoms with Crippen molar-refractivity contribution in [2.75, 3.05) is 6.61 Å². The molecule has 150 valence electrons. The highest BCUT2D eigenvalue weighted by Crippen LogP contribution is 2.53. The van der Waals surface area contributed by atoms with Gasteiger partial charge in [-0.3, -0.25) is 0 Å². The second-order valence-corrected chi connectivity index (χ2v) is 9.30. The number of carbonyl (C=O) groups is 1. The Balaban J connectivity index is 1.55. The van der Waals surface area contributed by atoms with Crippen LogP contribution in [-0.4, -0.2) is 54.4 Å². The molecule has 5 rings (SSSR count). The van der Waals surface area contributed by atoms with Crippen LogP contribution in [0.3, 0.4) is 0 Å². The van der Waals surface area contributed by atoms with Gasteiger partial charge in [-0.1, -0.05) is 0 Å². The van der Waals surface area contributed by atoms with E-state index in [0.29, 0.717) is 12.2 Å². The smallest absolute Gasteiger partial charge is 0.344 e. The summed E-state index contributed by atoms with van der Waals surface area (Å²) in [6.07, 6.45) is -1.59. The average molecular weight is 382 g/mol. The quantitative estimate of drug-likeness (QED) is 0.587. The molecule has 8 nitrogen and oxygen atoms in total. The molecule has 0 aromatic carbocycles. The van der Waals surface area contributed by atoms with Gasteiger partial charge in [0.05, 0.1) is 12.7 Å². The molecule has 0 amide bonds. The number of fused-ring (bicyclic) bond motifs is 6. The van der Waals surface area contributed by atoms with Crippen molar-refractivity contribution < 1.29 is 38.0 Å². The summed E-state index contributed by atoms with van der Waals surface area (Å²) in [6.45, 7) is 11.4. The molecule has 8 heteroatoms. The van der Waals surface area contributed by atoms with Crippen molar-refractivity contribution in [2.45, 2.75) is 83.3 Å². The first kappa shape index (κ1) is 17.7. The Morgan fingerprint density at radius 2 is 1.59 bits per heavy atom. The van der Waals surface area contributed by atoms with E-state index in [4.69, 9.17) is 33.2 Å². The summed E-state index contributed by atoms with van der Waals surface area (Å²) in [5.41, 5.74) is -0.208. The minimum Gasteiger partial charge on any atom is -0.459 e. The molecular weight excluding hydrogens is 356 g/mol. The van der Waals surface area contributed by atoms with Gasteiger partial charge >= 0.3 is 5.97 Å². The van der Waals surface area contributed by atoms with Crippen LogP contribution in [-0.2, 0) is 38.0 Å². The molecule has 0 aromatic heterocycles. The van der Waals surface area contributed by atoms with E-state index in [9.17, 15) is 4.79 Å². The minimum absolute atomic E-state index is 0.0956. The van der Waals surface area contributed by atoms with Crippen molar-refractivity contribution >= 4 is 5.97 Å². The number of esters is 1. The summed E-state index contributed by atoms with van der Waals surface area (Å²) in [4.78, 5) is 12.8. The molecule has 5 aliphatic heterocycles. The van der Waals surface area contributed by atoms with Gasteiger partial charge in [0.15, 0.2) is 12.1 Å². The number of cyclic esters (lactones) is 1. The predicted octanol–water partition coefficient (Wildman–Crippen LogP) is 1.82. The third-order valence-electron chi connectivity index (χ3n) is 5.98. The van der Waals surface area contributed by atoms with Gasteiger partial charge in [0.1, 0.15) is 23.4 Å². The fourth-order valence-corrected chi connectivity index (χ4v) is 4.85. The number of ether oxygens (including phenoxy) is 7. The molecule has 27 heavy (non-hydrogen) atoms. The molecule has 0 spiro atoms. The number of rotatable bonds is 0. The highest BCUT2D eigenvalue weighted by Gasteiger charge is 2.65. The largest absolute Gasteiger partial charge is 0.459 e. The highest BCUT2D eigenvalue weighted by atomic mass is 16.8. The van der Waals surface area contributed by atoms with Gasteiger partial charge in [-0.05, 0) is 27.7 Å². The second kappa shape index (κ2) is 5.17. The molecule has 0 aliphatic carbocycles. The van der Waals surface area contributed by atoms with Gasteiger partial charge in [-0.2, -0.15) is 0 Å². The molecule has 0 saturated carbocycles. The maximum atomic E-state index is 12.8. The summed E-state index contributed by atoms with van der Waals surface area (Å²) in [5.74, 6) is -2.39. The van der Waals surface area contributed by atoms with Crippen LogP contribution in [0.4, 0.5) is 0 Å². The molecule has 0 N–H and O–H groups in total. The fraction of sp³-hybridized carbons (Fsp3) is 0.842. The average Bonchev–Trinajstić information content (AvgIpc) is 2.96. The third-order valence-corrected chi connectivity index (χ3v) is 5.98. The molecule has 6 atom stereocenters. The Morgan fingerprint density at radius 1 is 0.852 bits per heavy atom. The first-order valence-electron chi connectivity index (χ1n) is 9.46. The van der Waals surface area contributed by atoms with Gasteiger partial charge < -0.3 is 33.2 Å². The van der Waals surface area contributed by atoms with Crippen molar-refractivity contribution in [1.29, 1.82) is 0 Å². The van der Waals surface area contributed by atoms with Crippen LogP contribution < -0.4 is 0 Å². The molecular formula is C19H26O8. The maximum Gasteiger partial charge on any atom is 0.344 e. The number of hydrogen-bond donors (Lipinski definition) is 0. The lowest BCUT2D eigenvalue weighted by molar-refractivity contribution is -0.278. The molecule has 0 aromatic rings. The normalized spacial score (nSPS) is 45.6. The fourth-order valence-electron chi connectivity index (χ4n) is 4.85. The van der Waals surface area contributed by atoms with E-state index < -0.39 is 35.5 Å². The second-order valence-electron chi connectivity index (χ2n) is 9.30. The van der Waals surface area contributed by atoms with Crippen LogP contribution in [0.25, 0.3) is 0 Å². The molecule has 0 unspecified atom stereocenters. The third kappa shape index (κ3) is 2.53. The van der Waals surface area contributed by atoms with E-state index in [1.165, 1.54) is 0 Å². The lowest BCUT2D eigenvalue weighted by Crippen LogP contribution is -2.60. The SMILES string of the molecule is CC1(C)OC(=O)C2=C(O1)OC(C)(C)[C@H]1CO[C@@H]3[C@H]4OC(C)(C)O[C@H]4O[C@@H]3[C@@H]21. The van der Waals surface area contributed by atoms with Crippen LogP contribution in [0.5, 0.6) is 0 Å². The lowest BCUT2D eigenvalue weighted by Gasteiger charge is -2.52. The summed E-state index contributed by atoms with van der Waals surface area (Å²) < 4.78 is 41.7. The van der Waals surface area contributed by atoms with Gasteiger partial charge in [-0.25, -0.2) is 4.79 Å². The van der Waals surface area contributed by atoms with E-state index in [0.717, 1.165) is 0 Å². The van der Waals surface area contributed by atoms with E-state index >= 15 is 0 Å². The Morgan fingerprint density at radius 3 is 2.33 bits per heavy atom. The maximum absolute atomic E-state index is 12.8. The molecule has 0 bridgehead atoms. The van der Waals surface area contributed by atoms with Gasteiger partial charge in [0.25, 0.3) is 11.7 Å². The highest BCUT2D eigenvalue weighted by molar-refractivity contribution is 5.90. The molecule has 3 saturated heterocycles. The standard InChI is InChI=1S/C19H26O8/c1-17(2)8-7-21-12-11(22-16-13(12)23-18(3,4)27-16)9(8)10-14(20)24-19(5,6)26-15(10)25-17/h8-9,11-13,16H,7H2,1-6H3/t8-,9+,11+,12-,13+,16+/m0/s1. The van der Waals surface area contributed by atoms with Crippen LogP contribution >= 0.6 is 0 Å². The van der Waals surface area contributed by atoms with Gasteiger partial charge in [0, 0.05) is 25.7 Å². The summed E-state index contributed by atoms with van der Waals surface area (Å²) >= 11 is 0. The van der Waals surface area contributed by atoms with Crippen LogP contribution in [0.2, 0.25) is 0 Å². The van der Waals surface area contributed by atoms with E-state index in [1.54, 1.807) is 13.8 Å². The first-order chi connectivity index (χ1) is 12.5. The van der Waals surface area contributed by atoms with Gasteiger partial charge in [0.2, 0.25) is 0 Å². The summed E-state index contributed by atoms with van der Waals surface area (Å²) in [7, 11) is 0. The lowest BCUT2D eigenvalue weighted by atomic mass is 9.69. The van der Waals surface area contributed by atoms with E-state index in [2.05, 4.69) is 0 Å². The van der Waals surface area contributed by atoms with Crippen molar-refractivity contribution in [3.63, 3.8) is 0 Å². The Bertz CT molecular complexity index is 723. The summed E-state index contributed by atoms with van der Waals surface area (Å²) in [6, 6.07) is 0. The van der Waals surface area contributed by atoms with Crippen molar-refractivity contribution in [3.8, 4) is 0 Å². The van der Waals surface area contributed by atoms with Crippen molar-refractivity contribution in [2.24, 2.45) is 11.8 Å². The zero-order chi connectivity index (χ0) is 19.4. The Labute approximate surface area is 158 Å². The molecule has 5 heterocycles. The van der Waals surface area contributed by atoms with Crippen LogP contribution in [0.1, 0.15) is 41.5 Å². The van der Waals surface area contributed by atoms with Crippen LogP contribution in [0.15, 0.2) is 11.5 Å². The first-order valence-corrected chi connectivity index (χ1v) is 9.46. The topological polar surface area (TPSA) is 81.7 Å². The van der Waals surface area contributed by atoms with E-state index in [-0.39, 0.29) is 30.0 Å². The van der Waals surface area contributed by atoms with E-state index in [1.807, 2.05) is 27.7 Å². The molecule has 3 fully saturated rings. The predicted molar refractivity (Wildman–Crippen MR) is 88.9 cm³/mol. The molecule has 0 radical (unpaired) electrons. The number of hydrogen-bond acceptors (Lipinski definition) is 8. The van der Waals surface area contributed by atoms with Crippen molar-refractivity contribution in [3.05, 3.63) is 11.5 Å².